The third kappa shape index (κ3) is 2.85. The maximum Gasteiger partial charge on any atom is 0.144 e. The van der Waals surface area contributed by atoms with Gasteiger partial charge in [-0.15, -0.1) is 0 Å². The van der Waals surface area contributed by atoms with Crippen LogP contribution in [0.4, 0.5) is 5.82 Å². The summed E-state index contributed by atoms with van der Waals surface area (Å²) in [5.41, 5.74) is 0. The van der Waals surface area contributed by atoms with Gasteiger partial charge >= 0.3 is 0 Å². The molecular weight excluding hydrogens is 208 g/mol. The van der Waals surface area contributed by atoms with E-state index in [0.29, 0.717) is 5.02 Å². The van der Waals surface area contributed by atoms with Gasteiger partial charge in [-0.1, -0.05) is 24.9 Å². The van der Waals surface area contributed by atoms with E-state index in [2.05, 4.69) is 17.2 Å². The van der Waals surface area contributed by atoms with Gasteiger partial charge in [-0.25, -0.2) is 4.98 Å². The van der Waals surface area contributed by atoms with Crippen LogP contribution < -0.4 is 5.32 Å². The molecule has 2 rings (SSSR count). The van der Waals surface area contributed by atoms with Crippen molar-refractivity contribution in [3.05, 3.63) is 23.4 Å². The second kappa shape index (κ2) is 4.84. The first kappa shape index (κ1) is 10.7. The number of aromatic nitrogens is 1. The molecule has 0 aliphatic heterocycles. The van der Waals surface area contributed by atoms with Crippen LogP contribution >= 0.6 is 11.6 Å². The van der Waals surface area contributed by atoms with Crippen molar-refractivity contribution in [2.75, 3.05) is 11.9 Å². The maximum absolute atomic E-state index is 6.01. The molecule has 1 heterocycles. The Hall–Kier alpha value is -0.760. The number of rotatable bonds is 3. The largest absolute Gasteiger partial charge is 0.369 e. The molecule has 1 aromatic heterocycles. The summed E-state index contributed by atoms with van der Waals surface area (Å²) in [6.07, 6.45) is 5.80. The van der Waals surface area contributed by atoms with E-state index < -0.39 is 0 Å². The zero-order chi connectivity index (χ0) is 10.7. The molecule has 0 spiro atoms. The van der Waals surface area contributed by atoms with Crippen LogP contribution in [0.3, 0.4) is 0 Å². The fourth-order valence-electron chi connectivity index (χ4n) is 2.27. The lowest BCUT2D eigenvalue weighted by molar-refractivity contribution is 0.536. The minimum absolute atomic E-state index is 0.712. The lowest BCUT2D eigenvalue weighted by Crippen LogP contribution is -2.12. The van der Waals surface area contributed by atoms with E-state index in [1.807, 2.05) is 12.1 Å². The molecule has 1 aliphatic carbocycles. The monoisotopic (exact) mass is 224 g/mol. The quantitative estimate of drug-likeness (QED) is 0.849. The third-order valence-electron chi connectivity index (χ3n) is 3.12. The van der Waals surface area contributed by atoms with Crippen molar-refractivity contribution in [1.29, 1.82) is 0 Å². The highest BCUT2D eigenvalue weighted by Crippen LogP contribution is 2.30. The second-order valence-electron chi connectivity index (χ2n) is 4.50. The molecule has 0 amide bonds. The number of nitrogens with zero attached hydrogens (tertiary/aromatic N) is 1. The number of hydrogen-bond acceptors (Lipinski definition) is 2. The Morgan fingerprint density at radius 3 is 3.07 bits per heavy atom. The van der Waals surface area contributed by atoms with Crippen molar-refractivity contribution in [3.63, 3.8) is 0 Å². The van der Waals surface area contributed by atoms with Gasteiger partial charge in [0.2, 0.25) is 0 Å². The van der Waals surface area contributed by atoms with Crippen LogP contribution in [0.25, 0.3) is 0 Å². The third-order valence-corrected chi connectivity index (χ3v) is 3.43. The Kier molecular flexibility index (Phi) is 3.47. The number of halogens is 1. The van der Waals surface area contributed by atoms with Gasteiger partial charge in [-0.05, 0) is 36.8 Å². The number of hydrogen-bond donors (Lipinski definition) is 1. The molecule has 0 saturated heterocycles. The Morgan fingerprint density at radius 2 is 2.40 bits per heavy atom. The van der Waals surface area contributed by atoms with Gasteiger partial charge in [-0.3, -0.25) is 0 Å². The average Bonchev–Trinajstić information content (AvgIpc) is 2.63. The number of nitrogens with one attached hydrogen (secondary N) is 1. The van der Waals surface area contributed by atoms with Gasteiger partial charge in [0.25, 0.3) is 0 Å². The van der Waals surface area contributed by atoms with E-state index in [9.17, 15) is 0 Å². The standard InChI is InChI=1S/C12H17ClN2/c1-9-4-5-10(7-9)8-15-12-11(13)3-2-6-14-12/h2-3,6,9-10H,4-5,7-8H2,1H3,(H,14,15). The Labute approximate surface area is 96.1 Å². The molecule has 0 aromatic carbocycles. The SMILES string of the molecule is CC1CCC(CNc2ncccc2Cl)C1. The van der Waals surface area contributed by atoms with Crippen LogP contribution in [0.1, 0.15) is 26.2 Å². The van der Waals surface area contributed by atoms with E-state index in [-0.39, 0.29) is 0 Å². The highest BCUT2D eigenvalue weighted by molar-refractivity contribution is 6.32. The summed E-state index contributed by atoms with van der Waals surface area (Å²) in [6, 6.07) is 3.72. The van der Waals surface area contributed by atoms with Gasteiger partial charge in [0.1, 0.15) is 5.82 Å². The van der Waals surface area contributed by atoms with E-state index >= 15 is 0 Å². The zero-order valence-corrected chi connectivity index (χ0v) is 9.80. The van der Waals surface area contributed by atoms with E-state index in [1.165, 1.54) is 19.3 Å². The van der Waals surface area contributed by atoms with Crippen molar-refractivity contribution in [2.45, 2.75) is 26.2 Å². The van der Waals surface area contributed by atoms with Gasteiger partial charge in [0, 0.05) is 12.7 Å². The molecule has 1 aromatic rings. The first-order valence-corrected chi connectivity index (χ1v) is 5.98. The second-order valence-corrected chi connectivity index (χ2v) is 4.91. The van der Waals surface area contributed by atoms with Gasteiger partial charge in [-0.2, -0.15) is 0 Å². The lowest BCUT2D eigenvalue weighted by Gasteiger charge is -2.12. The molecule has 3 heteroatoms. The first-order valence-electron chi connectivity index (χ1n) is 5.60. The zero-order valence-electron chi connectivity index (χ0n) is 9.04. The summed E-state index contributed by atoms with van der Waals surface area (Å²) in [7, 11) is 0. The summed E-state index contributed by atoms with van der Waals surface area (Å²) in [6.45, 7) is 3.33. The molecule has 0 radical (unpaired) electrons. The van der Waals surface area contributed by atoms with E-state index in [4.69, 9.17) is 11.6 Å². The molecule has 0 bridgehead atoms. The normalized spacial score (nSPS) is 25.5. The van der Waals surface area contributed by atoms with Crippen molar-refractivity contribution in [3.8, 4) is 0 Å². The molecule has 82 valence electrons. The topological polar surface area (TPSA) is 24.9 Å². The Morgan fingerprint density at radius 1 is 1.53 bits per heavy atom. The number of anilines is 1. The summed E-state index contributed by atoms with van der Waals surface area (Å²) in [5.74, 6) is 2.49. The maximum atomic E-state index is 6.01. The van der Waals surface area contributed by atoms with Crippen LogP contribution in [0.2, 0.25) is 5.02 Å². The molecule has 2 nitrogen and oxygen atoms in total. The van der Waals surface area contributed by atoms with E-state index in [1.54, 1.807) is 6.20 Å². The molecule has 1 aliphatic rings. The Balaban J connectivity index is 1.86. The average molecular weight is 225 g/mol. The predicted molar refractivity (Wildman–Crippen MR) is 64.2 cm³/mol. The van der Waals surface area contributed by atoms with Crippen LogP contribution in [-0.4, -0.2) is 11.5 Å². The molecule has 1 fully saturated rings. The predicted octanol–water partition coefficient (Wildman–Crippen LogP) is 3.58. The highest BCUT2D eigenvalue weighted by Gasteiger charge is 2.21. The highest BCUT2D eigenvalue weighted by atomic mass is 35.5. The molecule has 2 unspecified atom stereocenters. The molecule has 1 N–H and O–H groups in total. The number of pyridine rings is 1. The van der Waals surface area contributed by atoms with Crippen molar-refractivity contribution in [2.24, 2.45) is 11.8 Å². The molecule has 1 saturated carbocycles. The van der Waals surface area contributed by atoms with Crippen LogP contribution in [-0.2, 0) is 0 Å². The Bertz CT molecular complexity index is 327. The van der Waals surface area contributed by atoms with Crippen LogP contribution in [0.15, 0.2) is 18.3 Å². The molecular formula is C12H17ClN2. The van der Waals surface area contributed by atoms with Gasteiger partial charge < -0.3 is 5.32 Å². The summed E-state index contributed by atoms with van der Waals surface area (Å²) in [5, 5.41) is 4.04. The fourth-order valence-corrected chi connectivity index (χ4v) is 2.46. The fraction of sp³-hybridized carbons (Fsp3) is 0.583. The smallest absolute Gasteiger partial charge is 0.144 e. The van der Waals surface area contributed by atoms with Gasteiger partial charge in [0.15, 0.2) is 0 Å². The lowest BCUT2D eigenvalue weighted by atomic mass is 10.1. The minimum atomic E-state index is 0.712. The van der Waals surface area contributed by atoms with Crippen LogP contribution in [0.5, 0.6) is 0 Å². The van der Waals surface area contributed by atoms with Crippen molar-refractivity contribution >= 4 is 17.4 Å². The van der Waals surface area contributed by atoms with Crippen molar-refractivity contribution in [1.82, 2.24) is 4.98 Å². The molecule has 2 atom stereocenters. The summed E-state index contributed by atoms with van der Waals surface area (Å²) >= 11 is 6.01. The van der Waals surface area contributed by atoms with Crippen LogP contribution in [0, 0.1) is 11.8 Å². The first-order chi connectivity index (χ1) is 7.25. The summed E-state index contributed by atoms with van der Waals surface area (Å²) in [4.78, 5) is 4.22. The van der Waals surface area contributed by atoms with Crippen molar-refractivity contribution < 1.29 is 0 Å². The van der Waals surface area contributed by atoms with Gasteiger partial charge in [0.05, 0.1) is 5.02 Å². The van der Waals surface area contributed by atoms with E-state index in [0.717, 1.165) is 24.2 Å². The summed E-state index contributed by atoms with van der Waals surface area (Å²) < 4.78 is 0. The molecule has 15 heavy (non-hydrogen) atoms. The minimum Gasteiger partial charge on any atom is -0.369 e.